The number of rotatable bonds is 6. The van der Waals surface area contributed by atoms with Gasteiger partial charge < -0.3 is 5.11 Å². The van der Waals surface area contributed by atoms with Gasteiger partial charge in [-0.05, 0) is 24.7 Å². The van der Waals surface area contributed by atoms with Gasteiger partial charge in [-0.1, -0.05) is 20.8 Å². The van der Waals surface area contributed by atoms with E-state index in [1.165, 1.54) is 0 Å². The summed E-state index contributed by atoms with van der Waals surface area (Å²) in [5, 5.41) is 8.52. The highest BCUT2D eigenvalue weighted by molar-refractivity contribution is 5.78. The summed E-state index contributed by atoms with van der Waals surface area (Å²) in [7, 11) is 0. The van der Waals surface area contributed by atoms with Crippen LogP contribution < -0.4 is 0 Å². The summed E-state index contributed by atoms with van der Waals surface area (Å²) in [6, 6.07) is 0. The van der Waals surface area contributed by atoms with Gasteiger partial charge in [0.1, 0.15) is 5.78 Å². The molecule has 0 aromatic carbocycles. The van der Waals surface area contributed by atoms with Crippen LogP contribution in [0, 0.1) is 5.41 Å². The van der Waals surface area contributed by atoms with Crippen LogP contribution >= 0.6 is 0 Å². The van der Waals surface area contributed by atoms with Crippen molar-refractivity contribution < 1.29 is 9.90 Å². The van der Waals surface area contributed by atoms with Gasteiger partial charge in [0, 0.05) is 19.4 Å². The summed E-state index contributed by atoms with van der Waals surface area (Å²) in [4.78, 5) is 11.2. The van der Waals surface area contributed by atoms with Crippen LogP contribution in [0.2, 0.25) is 0 Å². The molecule has 78 valence electrons. The molecule has 0 aromatic rings. The molecule has 0 aliphatic heterocycles. The number of hydrogen-bond donors (Lipinski definition) is 1. The van der Waals surface area contributed by atoms with Crippen LogP contribution in [0.25, 0.3) is 0 Å². The molecule has 0 spiro atoms. The zero-order valence-corrected chi connectivity index (χ0v) is 9.10. The van der Waals surface area contributed by atoms with Gasteiger partial charge in [0.15, 0.2) is 0 Å². The molecule has 1 N–H and O–H groups in total. The van der Waals surface area contributed by atoms with E-state index in [0.29, 0.717) is 30.5 Å². The Bertz CT molecular complexity index is 145. The molecule has 0 heterocycles. The summed E-state index contributed by atoms with van der Waals surface area (Å²) in [5.74, 6) is 0.290. The smallest absolute Gasteiger partial charge is 0.132 e. The molecule has 2 heteroatoms. The lowest BCUT2D eigenvalue weighted by Gasteiger charge is -2.17. The van der Waals surface area contributed by atoms with E-state index in [-0.39, 0.29) is 6.61 Å². The quantitative estimate of drug-likeness (QED) is 0.692. The minimum absolute atomic E-state index is 0.130. The van der Waals surface area contributed by atoms with E-state index < -0.39 is 0 Å². The molecule has 0 saturated carbocycles. The number of ketones is 1. The maximum Gasteiger partial charge on any atom is 0.132 e. The molecule has 0 bridgehead atoms. The number of hydrogen-bond acceptors (Lipinski definition) is 2. The van der Waals surface area contributed by atoms with Gasteiger partial charge >= 0.3 is 0 Å². The van der Waals surface area contributed by atoms with Gasteiger partial charge in [0.25, 0.3) is 0 Å². The molecule has 0 aromatic heterocycles. The molecule has 0 unspecified atom stereocenters. The topological polar surface area (TPSA) is 37.3 Å². The molecule has 0 rings (SSSR count). The lowest BCUT2D eigenvalue weighted by Crippen LogP contribution is -2.06. The number of aliphatic hydroxyl groups excluding tert-OH is 1. The van der Waals surface area contributed by atoms with E-state index in [1.54, 1.807) is 0 Å². The Morgan fingerprint density at radius 3 is 2.15 bits per heavy atom. The predicted octanol–water partition coefficient (Wildman–Crippen LogP) is 2.54. The monoisotopic (exact) mass is 186 g/mol. The highest BCUT2D eigenvalue weighted by atomic mass is 16.3. The van der Waals surface area contributed by atoms with E-state index in [9.17, 15) is 4.79 Å². The van der Waals surface area contributed by atoms with Crippen LogP contribution in [-0.2, 0) is 4.79 Å². The molecule has 13 heavy (non-hydrogen) atoms. The van der Waals surface area contributed by atoms with E-state index >= 15 is 0 Å². The van der Waals surface area contributed by atoms with Crippen LogP contribution in [0.1, 0.15) is 52.9 Å². The lowest BCUT2D eigenvalue weighted by molar-refractivity contribution is -0.119. The van der Waals surface area contributed by atoms with Gasteiger partial charge in [-0.2, -0.15) is 0 Å². The Labute approximate surface area is 81.3 Å². The van der Waals surface area contributed by atoms with Gasteiger partial charge in [-0.15, -0.1) is 0 Å². The van der Waals surface area contributed by atoms with Crippen LogP contribution in [0.4, 0.5) is 0 Å². The van der Waals surface area contributed by atoms with Crippen molar-refractivity contribution in [2.45, 2.75) is 52.9 Å². The third kappa shape index (κ3) is 9.54. The van der Waals surface area contributed by atoms with E-state index in [4.69, 9.17) is 5.11 Å². The average molecular weight is 186 g/mol. The first kappa shape index (κ1) is 12.6. The normalized spacial score (nSPS) is 11.7. The summed E-state index contributed by atoms with van der Waals surface area (Å²) < 4.78 is 0. The van der Waals surface area contributed by atoms with Gasteiger partial charge in [-0.3, -0.25) is 4.79 Å². The van der Waals surface area contributed by atoms with Gasteiger partial charge in [-0.25, -0.2) is 0 Å². The third-order valence-electron chi connectivity index (χ3n) is 2.00. The van der Waals surface area contributed by atoms with Crippen LogP contribution in [0.5, 0.6) is 0 Å². The Morgan fingerprint density at radius 1 is 1.15 bits per heavy atom. The fourth-order valence-corrected chi connectivity index (χ4v) is 1.22. The minimum Gasteiger partial charge on any atom is -0.396 e. The van der Waals surface area contributed by atoms with E-state index in [2.05, 4.69) is 20.8 Å². The van der Waals surface area contributed by atoms with Crippen molar-refractivity contribution in [1.29, 1.82) is 0 Å². The molecule has 2 nitrogen and oxygen atoms in total. The van der Waals surface area contributed by atoms with Crippen molar-refractivity contribution in [3.05, 3.63) is 0 Å². The molecular formula is C11H22O2. The average Bonchev–Trinajstić information content (AvgIpc) is 1.98. The second-order valence-corrected chi connectivity index (χ2v) is 4.78. The molecule has 0 radical (unpaired) electrons. The van der Waals surface area contributed by atoms with Crippen LogP contribution in [0.3, 0.4) is 0 Å². The fourth-order valence-electron chi connectivity index (χ4n) is 1.22. The van der Waals surface area contributed by atoms with Crippen LogP contribution in [0.15, 0.2) is 0 Å². The van der Waals surface area contributed by atoms with E-state index in [1.807, 2.05) is 0 Å². The molecule has 0 aliphatic carbocycles. The molecule has 0 saturated heterocycles. The Kier molecular flexibility index (Phi) is 5.97. The first-order valence-corrected chi connectivity index (χ1v) is 5.08. The summed E-state index contributed by atoms with van der Waals surface area (Å²) in [5.41, 5.74) is 0.331. The fraction of sp³-hybridized carbons (Fsp3) is 0.909. The van der Waals surface area contributed by atoms with Gasteiger partial charge in [0.05, 0.1) is 0 Å². The number of carbonyl (C=O) groups is 1. The highest BCUT2D eigenvalue weighted by Gasteiger charge is 2.10. The first-order valence-electron chi connectivity index (χ1n) is 5.08. The second-order valence-electron chi connectivity index (χ2n) is 4.78. The largest absolute Gasteiger partial charge is 0.396 e. The Morgan fingerprint density at radius 2 is 1.69 bits per heavy atom. The molecule has 0 atom stereocenters. The maximum absolute atomic E-state index is 11.2. The summed E-state index contributed by atoms with van der Waals surface area (Å²) in [6.07, 6.45) is 3.91. The SMILES string of the molecule is CC(C)(C)CCCC(=O)CCCO. The van der Waals surface area contributed by atoms with Crippen molar-refractivity contribution in [2.24, 2.45) is 5.41 Å². The van der Waals surface area contributed by atoms with Crippen molar-refractivity contribution in [2.75, 3.05) is 6.61 Å². The predicted molar refractivity (Wildman–Crippen MR) is 54.6 cm³/mol. The molecule has 0 aliphatic rings. The first-order chi connectivity index (χ1) is 5.95. The van der Waals surface area contributed by atoms with Crippen molar-refractivity contribution in [1.82, 2.24) is 0 Å². The van der Waals surface area contributed by atoms with Crippen molar-refractivity contribution >= 4 is 5.78 Å². The maximum atomic E-state index is 11.2. The highest BCUT2D eigenvalue weighted by Crippen LogP contribution is 2.21. The summed E-state index contributed by atoms with van der Waals surface area (Å²) >= 11 is 0. The Balaban J connectivity index is 3.37. The standard InChI is InChI=1S/C11H22O2/c1-11(2,3)8-4-6-10(13)7-5-9-12/h12H,4-9H2,1-3H3. The zero-order chi connectivity index (χ0) is 10.3. The lowest BCUT2D eigenvalue weighted by atomic mass is 9.89. The molecular weight excluding hydrogens is 164 g/mol. The number of aliphatic hydroxyl groups is 1. The zero-order valence-electron chi connectivity index (χ0n) is 9.10. The molecule has 0 fully saturated rings. The third-order valence-corrected chi connectivity index (χ3v) is 2.00. The number of Topliss-reactive ketones (excluding diaryl/α,β-unsaturated/α-hetero) is 1. The number of carbonyl (C=O) groups excluding carboxylic acids is 1. The van der Waals surface area contributed by atoms with Crippen LogP contribution in [-0.4, -0.2) is 17.5 Å². The van der Waals surface area contributed by atoms with Crippen molar-refractivity contribution in [3.8, 4) is 0 Å². The van der Waals surface area contributed by atoms with E-state index in [0.717, 1.165) is 12.8 Å². The Hall–Kier alpha value is -0.370. The summed E-state index contributed by atoms with van der Waals surface area (Å²) in [6.45, 7) is 6.69. The van der Waals surface area contributed by atoms with Crippen molar-refractivity contribution in [3.63, 3.8) is 0 Å². The van der Waals surface area contributed by atoms with Gasteiger partial charge in [0.2, 0.25) is 0 Å². The molecule has 0 amide bonds. The second kappa shape index (κ2) is 6.14. The minimum atomic E-state index is 0.130.